The summed E-state index contributed by atoms with van der Waals surface area (Å²) in [5.74, 6) is 0.0189. The van der Waals surface area contributed by atoms with Gasteiger partial charge in [0.25, 0.3) is 0 Å². The van der Waals surface area contributed by atoms with Gasteiger partial charge in [-0.15, -0.1) is 0 Å². The molecule has 0 heterocycles. The zero-order valence-electron chi connectivity index (χ0n) is 45.9. The van der Waals surface area contributed by atoms with Gasteiger partial charge < -0.3 is 14.2 Å². The highest BCUT2D eigenvalue weighted by Crippen LogP contribution is 2.18. The van der Waals surface area contributed by atoms with Crippen molar-refractivity contribution >= 4 is 17.9 Å². The number of rotatable bonds is 56. The number of carbonyl (C=O) groups is 3. The van der Waals surface area contributed by atoms with Crippen molar-refractivity contribution in [2.24, 2.45) is 5.92 Å². The molecular weight excluding hydrogens is 829 g/mol. The molecule has 398 valence electrons. The molecule has 0 radical (unpaired) electrons. The molecule has 0 saturated heterocycles. The number of hydrogen-bond donors (Lipinski definition) is 0. The van der Waals surface area contributed by atoms with Crippen LogP contribution in [0.5, 0.6) is 0 Å². The fourth-order valence-electron chi connectivity index (χ4n) is 9.46. The summed E-state index contributed by atoms with van der Waals surface area (Å²) in [6, 6.07) is 0. The Labute approximate surface area is 418 Å². The van der Waals surface area contributed by atoms with Crippen LogP contribution in [0, 0.1) is 5.92 Å². The van der Waals surface area contributed by atoms with Crippen LogP contribution < -0.4 is 0 Å². The Morgan fingerprint density at radius 2 is 0.493 bits per heavy atom. The second kappa shape index (κ2) is 55.3. The van der Waals surface area contributed by atoms with Gasteiger partial charge >= 0.3 is 17.9 Å². The first kappa shape index (κ1) is 65.4. The molecule has 6 heteroatoms. The van der Waals surface area contributed by atoms with Crippen LogP contribution in [0.1, 0.15) is 349 Å². The van der Waals surface area contributed by atoms with Crippen LogP contribution >= 0.6 is 0 Å². The molecule has 0 aliphatic rings. The smallest absolute Gasteiger partial charge is 0.306 e. The van der Waals surface area contributed by atoms with E-state index in [1.807, 2.05) is 0 Å². The van der Waals surface area contributed by atoms with E-state index >= 15 is 0 Å². The average molecular weight is 948 g/mol. The van der Waals surface area contributed by atoms with E-state index in [2.05, 4.69) is 27.7 Å². The van der Waals surface area contributed by atoms with Gasteiger partial charge in [0.05, 0.1) is 0 Å². The number of esters is 3. The molecule has 0 N–H and O–H groups in total. The summed E-state index contributed by atoms with van der Waals surface area (Å²) >= 11 is 0. The maximum atomic E-state index is 12.9. The number of ether oxygens (including phenoxy) is 3. The molecule has 0 unspecified atom stereocenters. The third-order valence-corrected chi connectivity index (χ3v) is 14.0. The Morgan fingerprint density at radius 3 is 0.731 bits per heavy atom. The van der Waals surface area contributed by atoms with Crippen LogP contribution in [0.25, 0.3) is 0 Å². The fraction of sp³-hybridized carbons (Fsp3) is 0.951. The topological polar surface area (TPSA) is 78.9 Å². The molecule has 0 aliphatic carbocycles. The summed E-state index contributed by atoms with van der Waals surface area (Å²) < 4.78 is 16.9. The van der Waals surface area contributed by atoms with Gasteiger partial charge in [0.15, 0.2) is 6.10 Å². The molecular formula is C61H118O6. The number of unbranched alkanes of at least 4 members (excludes halogenated alkanes) is 43. The Morgan fingerprint density at radius 1 is 0.284 bits per heavy atom. The lowest BCUT2D eigenvalue weighted by atomic mass is 10.0. The number of carbonyl (C=O) groups excluding carboxylic acids is 3. The molecule has 0 amide bonds. The van der Waals surface area contributed by atoms with E-state index in [1.165, 1.54) is 244 Å². The molecule has 0 spiro atoms. The molecule has 0 aromatic carbocycles. The van der Waals surface area contributed by atoms with E-state index in [4.69, 9.17) is 14.2 Å². The van der Waals surface area contributed by atoms with Crippen LogP contribution in [0.2, 0.25) is 0 Å². The zero-order chi connectivity index (χ0) is 48.8. The van der Waals surface area contributed by atoms with Crippen molar-refractivity contribution in [3.8, 4) is 0 Å². The Bertz CT molecular complexity index is 1010. The molecule has 6 nitrogen and oxygen atoms in total. The molecule has 67 heavy (non-hydrogen) atoms. The lowest BCUT2D eigenvalue weighted by Gasteiger charge is -2.18. The van der Waals surface area contributed by atoms with Crippen LogP contribution in [0.3, 0.4) is 0 Å². The van der Waals surface area contributed by atoms with Crippen LogP contribution in [-0.4, -0.2) is 37.2 Å². The Hall–Kier alpha value is -1.59. The van der Waals surface area contributed by atoms with Gasteiger partial charge in [-0.05, 0) is 25.2 Å². The molecule has 0 aromatic rings. The normalized spacial score (nSPS) is 12.0. The van der Waals surface area contributed by atoms with Gasteiger partial charge in [0.2, 0.25) is 0 Å². The first-order valence-electron chi connectivity index (χ1n) is 30.4. The number of hydrogen-bond acceptors (Lipinski definition) is 6. The van der Waals surface area contributed by atoms with E-state index in [9.17, 15) is 14.4 Å². The minimum atomic E-state index is -0.762. The van der Waals surface area contributed by atoms with Crippen molar-refractivity contribution < 1.29 is 28.6 Å². The largest absolute Gasteiger partial charge is 0.462 e. The minimum Gasteiger partial charge on any atom is -0.462 e. The van der Waals surface area contributed by atoms with Crippen molar-refractivity contribution in [2.45, 2.75) is 355 Å². The van der Waals surface area contributed by atoms with Gasteiger partial charge in [-0.2, -0.15) is 0 Å². The van der Waals surface area contributed by atoms with Gasteiger partial charge in [-0.1, -0.05) is 310 Å². The SMILES string of the molecule is CCCCCCCCCCCCCCCCCCCCCC(=O)OC[C@@H](COC(=O)CCCCCCCCCCCCC)OC(=O)CCCCCCCCCCCCCCCCCCC(C)C. The van der Waals surface area contributed by atoms with E-state index in [1.54, 1.807) is 0 Å². The minimum absolute atomic E-state index is 0.0615. The van der Waals surface area contributed by atoms with Crippen molar-refractivity contribution in [1.29, 1.82) is 0 Å². The molecule has 0 fully saturated rings. The monoisotopic (exact) mass is 947 g/mol. The maximum absolute atomic E-state index is 12.9. The molecule has 0 aromatic heterocycles. The third kappa shape index (κ3) is 55.2. The first-order chi connectivity index (χ1) is 32.9. The summed E-state index contributed by atoms with van der Waals surface area (Å²) in [6.07, 6.45) is 61.0. The van der Waals surface area contributed by atoms with E-state index in [0.29, 0.717) is 19.3 Å². The van der Waals surface area contributed by atoms with Gasteiger partial charge in [0.1, 0.15) is 13.2 Å². The van der Waals surface area contributed by atoms with E-state index in [0.717, 1.165) is 63.7 Å². The standard InChI is InChI=1S/C61H118O6/c1-5-7-9-11-13-15-17-18-19-20-21-22-26-29-33-37-41-45-49-53-60(63)66-56-58(55-65-59(62)52-48-44-40-36-31-16-14-12-10-8-6-2)67-61(64)54-50-46-42-38-34-30-27-24-23-25-28-32-35-39-43-47-51-57(3)4/h57-58H,5-56H2,1-4H3/t58-/m1/s1. The third-order valence-electron chi connectivity index (χ3n) is 14.0. The van der Waals surface area contributed by atoms with Gasteiger partial charge in [-0.25, -0.2) is 0 Å². The average Bonchev–Trinajstić information content (AvgIpc) is 3.31. The van der Waals surface area contributed by atoms with Crippen molar-refractivity contribution in [1.82, 2.24) is 0 Å². The van der Waals surface area contributed by atoms with Crippen molar-refractivity contribution in [3.05, 3.63) is 0 Å². The lowest BCUT2D eigenvalue weighted by molar-refractivity contribution is -0.167. The highest BCUT2D eigenvalue weighted by Gasteiger charge is 2.19. The second-order valence-corrected chi connectivity index (χ2v) is 21.5. The summed E-state index contributed by atoms with van der Waals surface area (Å²) in [7, 11) is 0. The van der Waals surface area contributed by atoms with Crippen LogP contribution in [0.15, 0.2) is 0 Å². The van der Waals surface area contributed by atoms with Gasteiger partial charge in [-0.3, -0.25) is 14.4 Å². The van der Waals surface area contributed by atoms with Crippen molar-refractivity contribution in [3.63, 3.8) is 0 Å². The molecule has 0 bridgehead atoms. The summed E-state index contributed by atoms with van der Waals surface area (Å²) in [6.45, 7) is 9.08. The highest BCUT2D eigenvalue weighted by molar-refractivity contribution is 5.71. The maximum Gasteiger partial charge on any atom is 0.306 e. The zero-order valence-corrected chi connectivity index (χ0v) is 45.9. The lowest BCUT2D eigenvalue weighted by Crippen LogP contribution is -2.30. The molecule has 1 atom stereocenters. The van der Waals surface area contributed by atoms with Crippen LogP contribution in [0.4, 0.5) is 0 Å². The van der Waals surface area contributed by atoms with E-state index < -0.39 is 6.10 Å². The second-order valence-electron chi connectivity index (χ2n) is 21.5. The summed E-state index contributed by atoms with van der Waals surface area (Å²) in [4.78, 5) is 38.2. The van der Waals surface area contributed by atoms with Gasteiger partial charge in [0, 0.05) is 19.3 Å². The molecule has 0 rings (SSSR count). The molecule has 0 saturated carbocycles. The van der Waals surface area contributed by atoms with Crippen molar-refractivity contribution in [2.75, 3.05) is 13.2 Å². The Balaban J connectivity index is 4.23. The molecule has 0 aliphatic heterocycles. The first-order valence-corrected chi connectivity index (χ1v) is 30.4. The predicted molar refractivity (Wildman–Crippen MR) is 289 cm³/mol. The summed E-state index contributed by atoms with van der Waals surface area (Å²) in [5.41, 5.74) is 0. The fourth-order valence-corrected chi connectivity index (χ4v) is 9.46. The quantitative estimate of drug-likeness (QED) is 0.0343. The highest BCUT2D eigenvalue weighted by atomic mass is 16.6. The van der Waals surface area contributed by atoms with E-state index in [-0.39, 0.29) is 31.1 Å². The predicted octanol–water partition coefficient (Wildman–Crippen LogP) is 20.2. The van der Waals surface area contributed by atoms with Crippen LogP contribution in [-0.2, 0) is 28.6 Å². The summed E-state index contributed by atoms with van der Waals surface area (Å²) in [5, 5.41) is 0. The Kier molecular flexibility index (Phi) is 54.0.